The molecule has 0 spiro atoms. The van der Waals surface area contributed by atoms with Gasteiger partial charge in [0, 0.05) is 12.8 Å². The summed E-state index contributed by atoms with van der Waals surface area (Å²) in [5.41, 5.74) is 0. The minimum absolute atomic E-state index is 0.141. The Balaban J connectivity index is 4.08. The molecule has 0 aliphatic carbocycles. The second-order valence-electron chi connectivity index (χ2n) is 25.1. The number of hydrogen-bond acceptors (Lipinski definition) is 8. The zero-order chi connectivity index (χ0) is 64.7. The first-order chi connectivity index (χ1) is 43.6. The number of ether oxygens (including phenoxy) is 4. The van der Waals surface area contributed by atoms with Crippen molar-refractivity contribution >= 4 is 17.9 Å². The number of hydrogen-bond donors (Lipinski definition) is 0. The van der Waals surface area contributed by atoms with Crippen molar-refractivity contribution in [2.24, 2.45) is 0 Å². The van der Waals surface area contributed by atoms with E-state index in [2.05, 4.69) is 148 Å². The lowest BCUT2D eigenvalue weighted by Gasteiger charge is -2.26. The van der Waals surface area contributed by atoms with Crippen LogP contribution in [0.4, 0.5) is 0 Å². The third-order valence-electron chi connectivity index (χ3n) is 15.4. The lowest BCUT2D eigenvalue weighted by atomic mass is 10.0. The van der Waals surface area contributed by atoms with Crippen LogP contribution in [0.2, 0.25) is 0 Å². The largest absolute Gasteiger partial charge is 0.545 e. The van der Waals surface area contributed by atoms with Gasteiger partial charge in [-0.15, -0.1) is 0 Å². The van der Waals surface area contributed by atoms with Gasteiger partial charge in [0.2, 0.25) is 0 Å². The highest BCUT2D eigenvalue weighted by atomic mass is 16.7. The Hall–Kier alpha value is -4.57. The number of carbonyl (C=O) groups is 3. The van der Waals surface area contributed by atoms with Gasteiger partial charge in [0.15, 0.2) is 12.4 Å². The van der Waals surface area contributed by atoms with Crippen molar-refractivity contribution in [1.82, 2.24) is 0 Å². The number of unbranched alkanes of at least 4 members (excludes halogenated alkanes) is 29. The van der Waals surface area contributed by atoms with Gasteiger partial charge in [0.05, 0.1) is 40.3 Å². The first kappa shape index (κ1) is 84.4. The minimum atomic E-state index is -1.63. The Bertz CT molecular complexity index is 1930. The van der Waals surface area contributed by atoms with Gasteiger partial charge in [-0.2, -0.15) is 0 Å². The summed E-state index contributed by atoms with van der Waals surface area (Å²) in [6.07, 6.45) is 96.8. The third kappa shape index (κ3) is 70.7. The van der Waals surface area contributed by atoms with Crippen LogP contribution in [0, 0.1) is 0 Å². The molecule has 0 aromatic heterocycles. The Labute approximate surface area is 548 Å². The molecule has 0 amide bonds. The standard InChI is InChI=1S/C80H135NO8/c1-6-8-10-12-14-16-18-20-22-24-26-28-30-32-34-35-36-37-38-39-40-41-42-43-45-46-48-50-52-54-56-58-60-62-64-66-68-70-77(82)87-74-76(75-88-80(79(84)85)86-73-72-81(3,4)5)89-78(83)71-69-67-65-63-61-59-57-55-53-51-49-47-44-33-31-29-27-25-23-21-19-17-15-13-11-9-7-2/h8-11,14-17,20-23,26-29,32-34,44,49,51,76,80H,6-7,12-13,18-19,24-25,30-31,35-43,45-48,50,52-75H2,1-5H3/b10-8-,11-9-,16-14-,17-15-,22-20-,23-21-,28-26-,29-27-,34-32-,44-33-,51-49-. The highest BCUT2D eigenvalue weighted by Gasteiger charge is 2.22. The Morgan fingerprint density at radius 3 is 0.899 bits per heavy atom. The highest BCUT2D eigenvalue weighted by molar-refractivity contribution is 5.70. The van der Waals surface area contributed by atoms with E-state index in [0.717, 1.165) is 116 Å². The number of nitrogens with zero attached hydrogens (tertiary/aromatic N) is 1. The van der Waals surface area contributed by atoms with Crippen molar-refractivity contribution in [3.05, 3.63) is 134 Å². The molecule has 2 unspecified atom stereocenters. The van der Waals surface area contributed by atoms with E-state index in [-0.39, 0.29) is 38.6 Å². The van der Waals surface area contributed by atoms with E-state index in [1.807, 2.05) is 21.1 Å². The fourth-order valence-electron chi connectivity index (χ4n) is 9.92. The third-order valence-corrected chi connectivity index (χ3v) is 15.4. The van der Waals surface area contributed by atoms with Crippen molar-refractivity contribution in [2.75, 3.05) is 47.5 Å². The molecule has 0 fully saturated rings. The maximum Gasteiger partial charge on any atom is 0.306 e. The summed E-state index contributed by atoms with van der Waals surface area (Å²) in [4.78, 5) is 37.5. The van der Waals surface area contributed by atoms with E-state index in [1.54, 1.807) is 0 Å². The summed E-state index contributed by atoms with van der Waals surface area (Å²) < 4.78 is 22.8. The van der Waals surface area contributed by atoms with Crippen LogP contribution in [0.25, 0.3) is 0 Å². The van der Waals surface area contributed by atoms with Gasteiger partial charge in [0.25, 0.3) is 0 Å². The topological polar surface area (TPSA) is 111 Å². The SMILES string of the molecule is CC/C=C\C/C=C\C/C=C\C/C=C\C/C=C\C/C=C\CCCCCCCCCCC(=O)OC(COC(=O)CCCCCCCCCCCCCCCCCCCCCCC/C=C\C/C=C\C/C=C\C/C=C\C/C=C\CC)COC(OCC[N+](C)(C)C)C(=O)[O-]. The summed E-state index contributed by atoms with van der Waals surface area (Å²) in [6, 6.07) is 0. The molecule has 0 radical (unpaired) electrons. The first-order valence-corrected chi connectivity index (χ1v) is 36.3. The molecule has 89 heavy (non-hydrogen) atoms. The number of aliphatic carboxylic acids is 1. The van der Waals surface area contributed by atoms with Crippen LogP contribution in [-0.4, -0.2) is 82.3 Å². The van der Waals surface area contributed by atoms with Crippen molar-refractivity contribution in [2.45, 2.75) is 309 Å². The summed E-state index contributed by atoms with van der Waals surface area (Å²) in [7, 11) is 5.93. The second-order valence-corrected chi connectivity index (χ2v) is 25.1. The second kappa shape index (κ2) is 69.3. The van der Waals surface area contributed by atoms with Gasteiger partial charge in [-0.05, 0) is 109 Å². The van der Waals surface area contributed by atoms with Crippen LogP contribution in [-0.2, 0) is 33.3 Å². The molecule has 0 saturated heterocycles. The maximum absolute atomic E-state index is 12.9. The van der Waals surface area contributed by atoms with Gasteiger partial charge in [-0.1, -0.05) is 308 Å². The average Bonchev–Trinajstić information content (AvgIpc) is 3.64. The number of carboxylic acids is 1. The Kier molecular flexibility index (Phi) is 65.8. The zero-order valence-electron chi connectivity index (χ0n) is 58.0. The zero-order valence-corrected chi connectivity index (χ0v) is 58.0. The molecule has 508 valence electrons. The van der Waals surface area contributed by atoms with E-state index in [9.17, 15) is 19.5 Å². The number of carbonyl (C=O) groups excluding carboxylic acids is 3. The number of carboxylic acid groups (broad SMARTS) is 1. The number of esters is 2. The molecule has 9 heteroatoms. The summed E-state index contributed by atoms with van der Waals surface area (Å²) in [6.45, 7) is 4.53. The summed E-state index contributed by atoms with van der Waals surface area (Å²) in [5.74, 6) is -2.29. The van der Waals surface area contributed by atoms with E-state index in [0.29, 0.717) is 17.4 Å². The highest BCUT2D eigenvalue weighted by Crippen LogP contribution is 2.17. The molecule has 0 aromatic carbocycles. The minimum Gasteiger partial charge on any atom is -0.545 e. The number of likely N-dealkylation sites (N-methyl/N-ethyl adjacent to an activating group) is 1. The van der Waals surface area contributed by atoms with Gasteiger partial charge in [-0.3, -0.25) is 9.59 Å². The Morgan fingerprint density at radius 2 is 0.607 bits per heavy atom. The molecule has 0 aromatic rings. The van der Waals surface area contributed by atoms with E-state index >= 15 is 0 Å². The average molecular weight is 1240 g/mol. The number of allylic oxidation sites excluding steroid dienone is 22. The van der Waals surface area contributed by atoms with Gasteiger partial charge < -0.3 is 33.3 Å². The van der Waals surface area contributed by atoms with Crippen LogP contribution in [0.5, 0.6) is 0 Å². The molecule has 2 atom stereocenters. The van der Waals surface area contributed by atoms with E-state index in [1.165, 1.54) is 148 Å². The monoisotopic (exact) mass is 1240 g/mol. The molecule has 0 N–H and O–H groups in total. The van der Waals surface area contributed by atoms with Crippen LogP contribution in [0.3, 0.4) is 0 Å². The van der Waals surface area contributed by atoms with Crippen molar-refractivity contribution in [3.63, 3.8) is 0 Å². The predicted molar refractivity (Wildman–Crippen MR) is 379 cm³/mol. The molecule has 0 saturated carbocycles. The fraction of sp³-hybridized carbons (Fsp3) is 0.688. The summed E-state index contributed by atoms with van der Waals surface area (Å²) >= 11 is 0. The maximum atomic E-state index is 12.9. The van der Waals surface area contributed by atoms with Crippen LogP contribution >= 0.6 is 0 Å². The fourth-order valence-corrected chi connectivity index (χ4v) is 9.92. The van der Waals surface area contributed by atoms with Crippen LogP contribution < -0.4 is 5.11 Å². The molecular weight excluding hydrogens is 1100 g/mol. The molecule has 0 rings (SSSR count). The van der Waals surface area contributed by atoms with E-state index < -0.39 is 24.3 Å². The molecule has 0 heterocycles. The van der Waals surface area contributed by atoms with E-state index in [4.69, 9.17) is 18.9 Å². The van der Waals surface area contributed by atoms with Gasteiger partial charge in [0.1, 0.15) is 13.2 Å². The number of rotatable bonds is 66. The smallest absolute Gasteiger partial charge is 0.306 e. The predicted octanol–water partition coefficient (Wildman–Crippen LogP) is 21.6. The normalized spacial score (nSPS) is 13.5. The first-order valence-electron chi connectivity index (χ1n) is 36.3. The molecule has 0 aliphatic rings. The van der Waals surface area contributed by atoms with Crippen molar-refractivity contribution < 1.29 is 42.9 Å². The molecule has 9 nitrogen and oxygen atoms in total. The van der Waals surface area contributed by atoms with Crippen LogP contribution in [0.1, 0.15) is 296 Å². The molecule has 0 aliphatic heterocycles. The van der Waals surface area contributed by atoms with Gasteiger partial charge in [-0.25, -0.2) is 0 Å². The number of quaternary nitrogens is 1. The van der Waals surface area contributed by atoms with Crippen molar-refractivity contribution in [3.8, 4) is 0 Å². The summed E-state index contributed by atoms with van der Waals surface area (Å²) in [5, 5.41) is 11.8. The molecular formula is C80H135NO8. The van der Waals surface area contributed by atoms with Crippen molar-refractivity contribution in [1.29, 1.82) is 0 Å². The quantitative estimate of drug-likeness (QED) is 0.0195. The lowest BCUT2D eigenvalue weighted by molar-refractivity contribution is -0.870. The molecule has 0 bridgehead atoms. The lowest BCUT2D eigenvalue weighted by Crippen LogP contribution is -2.44. The Morgan fingerprint density at radius 1 is 0.337 bits per heavy atom. The van der Waals surface area contributed by atoms with Gasteiger partial charge >= 0.3 is 11.9 Å². The van der Waals surface area contributed by atoms with Crippen LogP contribution in [0.15, 0.2) is 134 Å².